The highest BCUT2D eigenvalue weighted by molar-refractivity contribution is 7.91. The van der Waals surface area contributed by atoms with Gasteiger partial charge in [-0.3, -0.25) is 0 Å². The van der Waals surface area contributed by atoms with E-state index in [1.54, 1.807) is 24.3 Å². The zero-order valence-corrected chi connectivity index (χ0v) is 16.3. The fourth-order valence-electron chi connectivity index (χ4n) is 1.78. The molecule has 0 radical (unpaired) electrons. The number of hydrogen-bond donors (Lipinski definition) is 1. The lowest BCUT2D eigenvalue weighted by atomic mass is 9.90. The normalized spacial score (nSPS) is 14.6. The van der Waals surface area contributed by atoms with E-state index < -0.39 is 9.84 Å². The highest BCUT2D eigenvalue weighted by Gasteiger charge is 2.22. The molecule has 1 rings (SSSR count). The van der Waals surface area contributed by atoms with Gasteiger partial charge in [0.25, 0.3) is 0 Å². The Kier molecular flexibility index (Phi) is 6.27. The van der Waals surface area contributed by atoms with Gasteiger partial charge in [0.2, 0.25) is 0 Å². The minimum absolute atomic E-state index is 0.0311. The Labute approximate surface area is 141 Å². The number of rotatable bonds is 6. The Morgan fingerprint density at radius 3 is 2.00 bits per heavy atom. The van der Waals surface area contributed by atoms with Crippen LogP contribution in [-0.2, 0) is 9.84 Å². The summed E-state index contributed by atoms with van der Waals surface area (Å²) in [5.74, 6) is 0.780. The van der Waals surface area contributed by atoms with Crippen molar-refractivity contribution in [3.8, 4) is 5.75 Å². The maximum Gasteiger partial charge on any atom is 0.179 e. The van der Waals surface area contributed by atoms with Crippen molar-refractivity contribution in [2.75, 3.05) is 12.3 Å². The van der Waals surface area contributed by atoms with E-state index in [9.17, 15) is 8.42 Å². The van der Waals surface area contributed by atoms with Gasteiger partial charge in [-0.15, -0.1) is 0 Å². The summed E-state index contributed by atoms with van der Waals surface area (Å²) in [7, 11) is -3.27. The fraction of sp³-hybridized carbons (Fsp3) is 0.667. The van der Waals surface area contributed by atoms with Crippen molar-refractivity contribution in [3.63, 3.8) is 0 Å². The van der Waals surface area contributed by atoms with Gasteiger partial charge in [0.1, 0.15) is 11.9 Å². The third kappa shape index (κ3) is 6.92. The number of hydrogen-bond acceptors (Lipinski definition) is 4. The molecule has 0 bridgehead atoms. The van der Waals surface area contributed by atoms with Gasteiger partial charge in [0.15, 0.2) is 9.84 Å². The smallest absolute Gasteiger partial charge is 0.179 e. The third-order valence-electron chi connectivity index (χ3n) is 3.74. The summed E-state index contributed by atoms with van der Waals surface area (Å²) in [4.78, 5) is 0.337. The maximum absolute atomic E-state index is 12.3. The van der Waals surface area contributed by atoms with Crippen LogP contribution in [0.15, 0.2) is 29.2 Å². The number of ether oxygens (including phenoxy) is 1. The minimum Gasteiger partial charge on any atom is -0.490 e. The minimum atomic E-state index is -3.27. The summed E-state index contributed by atoms with van der Waals surface area (Å²) in [5.41, 5.74) is -0.0559. The standard InChI is InChI=1S/C18H31NO3S/c1-14(17(2,3)4)22-15-8-10-16(11-9-15)23(20,21)13-12-19-18(5,6)7/h8-11,14,19H,12-13H2,1-7H3. The molecule has 0 heterocycles. The van der Waals surface area contributed by atoms with Crippen LogP contribution in [0.25, 0.3) is 0 Å². The Morgan fingerprint density at radius 2 is 1.57 bits per heavy atom. The molecular weight excluding hydrogens is 310 g/mol. The van der Waals surface area contributed by atoms with E-state index in [1.807, 2.05) is 27.7 Å². The summed E-state index contributed by atoms with van der Waals surface area (Å²) in [6.45, 7) is 14.8. The van der Waals surface area contributed by atoms with E-state index in [2.05, 4.69) is 26.1 Å². The second-order valence-electron chi connectivity index (χ2n) is 8.09. The Hall–Kier alpha value is -1.07. The molecular formula is C18H31NO3S. The van der Waals surface area contributed by atoms with E-state index in [0.29, 0.717) is 17.2 Å². The molecule has 0 aromatic heterocycles. The van der Waals surface area contributed by atoms with Crippen molar-refractivity contribution in [1.82, 2.24) is 5.32 Å². The summed E-state index contributed by atoms with van der Waals surface area (Å²) in [5, 5.41) is 3.20. The predicted octanol–water partition coefficient (Wildman–Crippen LogP) is 3.66. The Morgan fingerprint density at radius 1 is 1.04 bits per heavy atom. The van der Waals surface area contributed by atoms with Crippen molar-refractivity contribution in [2.24, 2.45) is 5.41 Å². The maximum atomic E-state index is 12.3. The SMILES string of the molecule is CC(Oc1ccc(S(=O)(=O)CCNC(C)(C)C)cc1)C(C)(C)C. The number of benzene rings is 1. The molecule has 0 spiro atoms. The van der Waals surface area contributed by atoms with Crippen LogP contribution >= 0.6 is 0 Å². The zero-order valence-electron chi connectivity index (χ0n) is 15.4. The first kappa shape index (κ1) is 20.0. The lowest BCUT2D eigenvalue weighted by Gasteiger charge is -2.27. The molecule has 0 fully saturated rings. The first-order valence-electron chi connectivity index (χ1n) is 8.06. The topological polar surface area (TPSA) is 55.4 Å². The van der Waals surface area contributed by atoms with Crippen LogP contribution in [0.3, 0.4) is 0 Å². The van der Waals surface area contributed by atoms with Gasteiger partial charge < -0.3 is 10.1 Å². The number of nitrogens with one attached hydrogen (secondary N) is 1. The van der Waals surface area contributed by atoms with E-state index in [4.69, 9.17) is 4.74 Å². The van der Waals surface area contributed by atoms with Gasteiger partial charge in [0, 0.05) is 12.1 Å². The molecule has 0 saturated carbocycles. The lowest BCUT2D eigenvalue weighted by Crippen LogP contribution is -2.38. The largest absolute Gasteiger partial charge is 0.490 e. The van der Waals surface area contributed by atoms with Gasteiger partial charge in [-0.2, -0.15) is 0 Å². The van der Waals surface area contributed by atoms with E-state index >= 15 is 0 Å². The quantitative estimate of drug-likeness (QED) is 0.858. The molecule has 0 amide bonds. The van der Waals surface area contributed by atoms with E-state index in [1.165, 1.54) is 0 Å². The Balaban J connectivity index is 2.72. The van der Waals surface area contributed by atoms with Crippen LogP contribution < -0.4 is 10.1 Å². The highest BCUT2D eigenvalue weighted by atomic mass is 32.2. The monoisotopic (exact) mass is 341 g/mol. The molecule has 0 aliphatic rings. The molecule has 4 nitrogen and oxygen atoms in total. The van der Waals surface area contributed by atoms with Crippen molar-refractivity contribution >= 4 is 9.84 Å². The Bertz CT molecular complexity index is 593. The van der Waals surface area contributed by atoms with Crippen LogP contribution in [0.5, 0.6) is 5.75 Å². The van der Waals surface area contributed by atoms with Gasteiger partial charge in [-0.1, -0.05) is 20.8 Å². The van der Waals surface area contributed by atoms with E-state index in [0.717, 1.165) is 0 Å². The summed E-state index contributed by atoms with van der Waals surface area (Å²) in [6.07, 6.45) is 0.0425. The molecule has 1 N–H and O–H groups in total. The second kappa shape index (κ2) is 7.22. The van der Waals surface area contributed by atoms with Crippen molar-refractivity contribution in [2.45, 2.75) is 65.0 Å². The molecule has 1 atom stereocenters. The molecule has 1 aromatic carbocycles. The molecule has 23 heavy (non-hydrogen) atoms. The van der Waals surface area contributed by atoms with Crippen LogP contribution in [0.1, 0.15) is 48.5 Å². The van der Waals surface area contributed by atoms with E-state index in [-0.39, 0.29) is 22.8 Å². The molecule has 0 aliphatic carbocycles. The zero-order chi connectivity index (χ0) is 17.9. The average molecular weight is 342 g/mol. The first-order chi connectivity index (χ1) is 10.3. The fourth-order valence-corrected chi connectivity index (χ4v) is 2.94. The van der Waals surface area contributed by atoms with Crippen LogP contribution in [-0.4, -0.2) is 32.4 Å². The van der Waals surface area contributed by atoms with Crippen molar-refractivity contribution in [1.29, 1.82) is 0 Å². The van der Waals surface area contributed by atoms with Gasteiger partial charge in [0.05, 0.1) is 10.6 Å². The molecule has 132 valence electrons. The lowest BCUT2D eigenvalue weighted by molar-refractivity contribution is 0.103. The van der Waals surface area contributed by atoms with Crippen molar-refractivity contribution < 1.29 is 13.2 Å². The molecule has 1 unspecified atom stereocenters. The van der Waals surface area contributed by atoms with Gasteiger partial charge in [-0.05, 0) is 57.4 Å². The second-order valence-corrected chi connectivity index (χ2v) is 10.2. The summed E-state index contributed by atoms with van der Waals surface area (Å²) >= 11 is 0. The van der Waals surface area contributed by atoms with Gasteiger partial charge >= 0.3 is 0 Å². The molecule has 0 aliphatic heterocycles. The third-order valence-corrected chi connectivity index (χ3v) is 5.47. The van der Waals surface area contributed by atoms with Crippen LogP contribution in [0.4, 0.5) is 0 Å². The summed E-state index contributed by atoms with van der Waals surface area (Å²) < 4.78 is 30.5. The van der Waals surface area contributed by atoms with Crippen LogP contribution in [0, 0.1) is 5.41 Å². The number of sulfone groups is 1. The molecule has 0 saturated heterocycles. The predicted molar refractivity (Wildman–Crippen MR) is 95.8 cm³/mol. The average Bonchev–Trinajstić information content (AvgIpc) is 2.36. The van der Waals surface area contributed by atoms with Crippen molar-refractivity contribution in [3.05, 3.63) is 24.3 Å². The molecule has 1 aromatic rings. The highest BCUT2D eigenvalue weighted by Crippen LogP contribution is 2.25. The summed E-state index contributed by atoms with van der Waals surface area (Å²) in [6, 6.07) is 6.70. The van der Waals surface area contributed by atoms with Crippen LogP contribution in [0.2, 0.25) is 0 Å². The first-order valence-corrected chi connectivity index (χ1v) is 9.71. The van der Waals surface area contributed by atoms with Gasteiger partial charge in [-0.25, -0.2) is 8.42 Å². The molecule has 5 heteroatoms.